The topological polar surface area (TPSA) is 55.8 Å². The zero-order chi connectivity index (χ0) is 25.6. The van der Waals surface area contributed by atoms with Crippen molar-refractivity contribution in [3.05, 3.63) is 0 Å². The number of ether oxygens (including phenoxy) is 2. The van der Waals surface area contributed by atoms with Gasteiger partial charge in [-0.05, 0) is 124 Å². The highest BCUT2D eigenvalue weighted by atomic mass is 16.5. The van der Waals surface area contributed by atoms with E-state index in [2.05, 4.69) is 41.5 Å². The van der Waals surface area contributed by atoms with Gasteiger partial charge in [0, 0.05) is 6.42 Å². The number of aliphatic hydroxyl groups is 1. The average molecular weight is 491 g/mol. The number of aliphatic hydroxyl groups excluding tert-OH is 1. The summed E-state index contributed by atoms with van der Waals surface area (Å²) in [6.07, 6.45) is 13.3. The van der Waals surface area contributed by atoms with Crippen LogP contribution in [0.3, 0.4) is 0 Å². The first-order chi connectivity index (χ1) is 16.5. The Morgan fingerprint density at radius 2 is 1.69 bits per heavy atom. The molecule has 4 fully saturated rings. The van der Waals surface area contributed by atoms with E-state index < -0.39 is 0 Å². The van der Waals surface area contributed by atoms with Crippen molar-refractivity contribution in [3.63, 3.8) is 0 Å². The minimum Gasteiger partial charge on any atom is -0.469 e. The van der Waals surface area contributed by atoms with E-state index in [4.69, 9.17) is 9.47 Å². The van der Waals surface area contributed by atoms with Crippen molar-refractivity contribution in [1.29, 1.82) is 0 Å². The highest BCUT2D eigenvalue weighted by molar-refractivity contribution is 5.69. The summed E-state index contributed by atoms with van der Waals surface area (Å²) in [5.74, 6) is 3.39. The number of methoxy groups -OCH3 is 1. The third-order valence-corrected chi connectivity index (χ3v) is 12.4. The van der Waals surface area contributed by atoms with Crippen LogP contribution in [0.4, 0.5) is 0 Å². The molecular formula is C31H54O4. The van der Waals surface area contributed by atoms with Crippen LogP contribution in [0, 0.1) is 46.3 Å². The summed E-state index contributed by atoms with van der Waals surface area (Å²) < 4.78 is 11.6. The quantitative estimate of drug-likeness (QED) is 0.366. The molecule has 4 rings (SSSR count). The van der Waals surface area contributed by atoms with Crippen molar-refractivity contribution in [3.8, 4) is 0 Å². The largest absolute Gasteiger partial charge is 0.469 e. The number of carbonyl (C=O) groups excluding carboxylic acids is 1. The molecule has 0 aliphatic heterocycles. The standard InChI is InChI=1S/C31H54O4/c1-8-29(4,9-2)35-22-14-16-30(5)21(18-22)19-26(32)28-24-12-11-23(20(3)10-13-27(33)34-7)31(24,6)17-15-25(28)30/h20-26,28,32H,8-19H2,1-7H3/t20-,21+,22-,23-,24+,25+,26+,28+,30+,31-/m1/s1. The molecule has 0 radical (unpaired) electrons. The van der Waals surface area contributed by atoms with E-state index in [9.17, 15) is 9.90 Å². The smallest absolute Gasteiger partial charge is 0.305 e. The van der Waals surface area contributed by atoms with Crippen molar-refractivity contribution in [2.24, 2.45) is 46.3 Å². The second-order valence-electron chi connectivity index (χ2n) is 13.8. The van der Waals surface area contributed by atoms with E-state index in [0.29, 0.717) is 58.9 Å². The molecule has 0 spiro atoms. The molecule has 202 valence electrons. The van der Waals surface area contributed by atoms with E-state index in [0.717, 1.165) is 32.1 Å². The van der Waals surface area contributed by atoms with Crippen LogP contribution >= 0.6 is 0 Å². The Labute approximate surface area is 215 Å². The molecule has 4 aliphatic carbocycles. The molecule has 4 aliphatic rings. The minimum atomic E-state index is -0.172. The Morgan fingerprint density at radius 1 is 1.03 bits per heavy atom. The molecule has 1 N–H and O–H groups in total. The van der Waals surface area contributed by atoms with Gasteiger partial charge < -0.3 is 14.6 Å². The van der Waals surface area contributed by atoms with Crippen molar-refractivity contribution in [2.75, 3.05) is 7.11 Å². The van der Waals surface area contributed by atoms with E-state index in [1.54, 1.807) is 0 Å². The lowest BCUT2D eigenvalue weighted by Gasteiger charge is -2.62. The lowest BCUT2D eigenvalue weighted by Crippen LogP contribution is -2.59. The summed E-state index contributed by atoms with van der Waals surface area (Å²) >= 11 is 0. The SMILES string of the molecule is CCC(C)(CC)O[C@@H]1CC[C@@]2(C)[C@@H](C1)C[C@H](O)[C@@H]1[C@@H]2CC[C@]2(C)[C@@H]([C@H](C)CCC(=O)OC)CC[C@@H]12. The van der Waals surface area contributed by atoms with Gasteiger partial charge in [-0.15, -0.1) is 0 Å². The maximum Gasteiger partial charge on any atom is 0.305 e. The number of esters is 1. The third kappa shape index (κ3) is 4.85. The summed E-state index contributed by atoms with van der Waals surface area (Å²) in [4.78, 5) is 11.8. The molecule has 0 aromatic rings. The van der Waals surface area contributed by atoms with Crippen molar-refractivity contribution in [2.45, 2.75) is 136 Å². The van der Waals surface area contributed by atoms with Gasteiger partial charge in [-0.2, -0.15) is 0 Å². The predicted molar refractivity (Wildman–Crippen MR) is 141 cm³/mol. The average Bonchev–Trinajstić information content (AvgIpc) is 3.20. The summed E-state index contributed by atoms with van der Waals surface area (Å²) in [5, 5.41) is 11.7. The van der Waals surface area contributed by atoms with Crippen LogP contribution in [0.25, 0.3) is 0 Å². The van der Waals surface area contributed by atoms with Crippen molar-refractivity contribution < 1.29 is 19.4 Å². The van der Waals surface area contributed by atoms with E-state index in [-0.39, 0.29) is 17.7 Å². The number of hydrogen-bond donors (Lipinski definition) is 1. The molecule has 0 amide bonds. The second kappa shape index (κ2) is 10.3. The van der Waals surface area contributed by atoms with Crippen LogP contribution in [0.5, 0.6) is 0 Å². The fraction of sp³-hybridized carbons (Fsp3) is 0.968. The molecule has 4 saturated carbocycles. The Hall–Kier alpha value is -0.610. The molecule has 4 heteroatoms. The molecule has 35 heavy (non-hydrogen) atoms. The molecule has 0 aromatic carbocycles. The third-order valence-electron chi connectivity index (χ3n) is 12.4. The van der Waals surface area contributed by atoms with Crippen molar-refractivity contribution in [1.82, 2.24) is 0 Å². The van der Waals surface area contributed by atoms with Gasteiger partial charge in [-0.1, -0.05) is 34.6 Å². The van der Waals surface area contributed by atoms with E-state index in [1.165, 1.54) is 45.6 Å². The van der Waals surface area contributed by atoms with Gasteiger partial charge in [0.05, 0.1) is 24.9 Å². The van der Waals surface area contributed by atoms with Crippen LogP contribution in [-0.2, 0) is 14.3 Å². The summed E-state index contributed by atoms with van der Waals surface area (Å²) in [5.41, 5.74) is 0.629. The van der Waals surface area contributed by atoms with E-state index in [1.807, 2.05) is 0 Å². The summed E-state index contributed by atoms with van der Waals surface area (Å²) in [6, 6.07) is 0. The van der Waals surface area contributed by atoms with Crippen LogP contribution in [-0.4, -0.2) is 36.0 Å². The number of rotatable bonds is 8. The summed E-state index contributed by atoms with van der Waals surface area (Å²) in [6.45, 7) is 14.2. The zero-order valence-electron chi connectivity index (χ0n) is 23.8. The molecule has 4 nitrogen and oxygen atoms in total. The summed E-state index contributed by atoms with van der Waals surface area (Å²) in [7, 11) is 1.49. The first kappa shape index (κ1) is 27.4. The first-order valence-electron chi connectivity index (χ1n) is 14.9. The van der Waals surface area contributed by atoms with Crippen LogP contribution in [0.1, 0.15) is 119 Å². The van der Waals surface area contributed by atoms with Crippen LogP contribution < -0.4 is 0 Å². The Morgan fingerprint density at radius 3 is 2.34 bits per heavy atom. The normalized spacial score (nSPS) is 44.2. The highest BCUT2D eigenvalue weighted by Gasteiger charge is 2.63. The monoisotopic (exact) mass is 490 g/mol. The first-order valence-corrected chi connectivity index (χ1v) is 14.9. The zero-order valence-corrected chi connectivity index (χ0v) is 23.8. The number of hydrogen-bond acceptors (Lipinski definition) is 4. The molecule has 0 aromatic heterocycles. The maximum atomic E-state index is 11.8. The van der Waals surface area contributed by atoms with Gasteiger partial charge in [0.15, 0.2) is 0 Å². The highest BCUT2D eigenvalue weighted by Crippen LogP contribution is 2.68. The number of carbonyl (C=O) groups is 1. The van der Waals surface area contributed by atoms with Gasteiger partial charge in [0.1, 0.15) is 0 Å². The molecular weight excluding hydrogens is 436 g/mol. The molecule has 0 bridgehead atoms. The van der Waals surface area contributed by atoms with Crippen LogP contribution in [0.15, 0.2) is 0 Å². The van der Waals surface area contributed by atoms with Crippen LogP contribution in [0.2, 0.25) is 0 Å². The van der Waals surface area contributed by atoms with Gasteiger partial charge in [0.2, 0.25) is 0 Å². The Kier molecular flexibility index (Phi) is 8.05. The lowest BCUT2D eigenvalue weighted by molar-refractivity contribution is -0.191. The predicted octanol–water partition coefficient (Wildman–Crippen LogP) is 7.17. The van der Waals surface area contributed by atoms with Crippen molar-refractivity contribution >= 4 is 5.97 Å². The second-order valence-corrected chi connectivity index (χ2v) is 13.8. The molecule has 0 unspecified atom stereocenters. The lowest BCUT2D eigenvalue weighted by atomic mass is 9.43. The number of fused-ring (bicyclic) bond motifs is 5. The fourth-order valence-electron chi connectivity index (χ4n) is 9.73. The molecule has 10 atom stereocenters. The fourth-order valence-corrected chi connectivity index (χ4v) is 9.73. The van der Waals surface area contributed by atoms with Gasteiger partial charge >= 0.3 is 5.97 Å². The Bertz CT molecular complexity index is 746. The van der Waals surface area contributed by atoms with Gasteiger partial charge in [0.25, 0.3) is 0 Å². The van der Waals surface area contributed by atoms with Gasteiger partial charge in [-0.25, -0.2) is 0 Å². The Balaban J connectivity index is 1.47. The maximum absolute atomic E-state index is 11.8. The molecule has 0 saturated heterocycles. The van der Waals surface area contributed by atoms with Gasteiger partial charge in [-0.3, -0.25) is 4.79 Å². The van der Waals surface area contributed by atoms with E-state index >= 15 is 0 Å². The molecule has 0 heterocycles. The minimum absolute atomic E-state index is 0.00963.